The Morgan fingerprint density at radius 3 is 1.78 bits per heavy atom. The Morgan fingerprint density at radius 1 is 1.11 bits per heavy atom. The standard InChI is InChI=1S/C5H4O2.2ClH/c6-5-1-3-7-4-2-5;;/h1-4H;2*1H. The molecule has 0 unspecified atom stereocenters. The van der Waals surface area contributed by atoms with Crippen molar-refractivity contribution < 1.29 is 4.42 Å². The molecular weight excluding hydrogens is 163 g/mol. The predicted molar refractivity (Wildman–Crippen MR) is 39.5 cm³/mol. The summed E-state index contributed by atoms with van der Waals surface area (Å²) in [5, 5.41) is 0. The van der Waals surface area contributed by atoms with Crippen molar-refractivity contribution in [3.8, 4) is 0 Å². The van der Waals surface area contributed by atoms with E-state index in [2.05, 4.69) is 4.42 Å². The van der Waals surface area contributed by atoms with Crippen LogP contribution in [0.1, 0.15) is 0 Å². The van der Waals surface area contributed by atoms with Crippen LogP contribution in [0.2, 0.25) is 0 Å². The Labute approximate surface area is 64.7 Å². The molecule has 0 radical (unpaired) electrons. The average molecular weight is 169 g/mol. The van der Waals surface area contributed by atoms with Crippen LogP contribution in [0.4, 0.5) is 0 Å². The second kappa shape index (κ2) is 5.66. The van der Waals surface area contributed by atoms with E-state index in [-0.39, 0.29) is 30.2 Å². The molecule has 0 saturated carbocycles. The minimum atomic E-state index is -0.0220. The highest BCUT2D eigenvalue weighted by Gasteiger charge is 1.72. The Kier molecular flexibility index (Phi) is 7.14. The zero-order valence-corrected chi connectivity index (χ0v) is 6.08. The summed E-state index contributed by atoms with van der Waals surface area (Å²) in [4.78, 5) is 10.2. The van der Waals surface area contributed by atoms with Gasteiger partial charge in [-0.05, 0) is 0 Å². The summed E-state index contributed by atoms with van der Waals surface area (Å²) in [6.07, 6.45) is 2.70. The van der Waals surface area contributed by atoms with Gasteiger partial charge in [-0.2, -0.15) is 0 Å². The Morgan fingerprint density at radius 2 is 1.56 bits per heavy atom. The van der Waals surface area contributed by atoms with E-state index >= 15 is 0 Å². The normalized spacial score (nSPS) is 6.67. The van der Waals surface area contributed by atoms with Crippen molar-refractivity contribution in [2.24, 2.45) is 0 Å². The van der Waals surface area contributed by atoms with Gasteiger partial charge in [-0.25, -0.2) is 0 Å². The van der Waals surface area contributed by atoms with Crippen LogP contribution in [0.15, 0.2) is 33.9 Å². The molecule has 0 aromatic carbocycles. The second-order valence-corrected chi connectivity index (χ2v) is 1.14. The third-order valence-electron chi connectivity index (χ3n) is 0.622. The first-order valence-electron chi connectivity index (χ1n) is 1.92. The van der Waals surface area contributed by atoms with Crippen LogP contribution < -0.4 is 5.43 Å². The van der Waals surface area contributed by atoms with Crippen molar-refractivity contribution in [2.75, 3.05) is 0 Å². The third kappa shape index (κ3) is 4.06. The van der Waals surface area contributed by atoms with Crippen LogP contribution in [0, 0.1) is 0 Å². The molecule has 1 heterocycles. The highest BCUT2D eigenvalue weighted by molar-refractivity contribution is 5.85. The van der Waals surface area contributed by atoms with Crippen LogP contribution in [0.5, 0.6) is 0 Å². The molecule has 0 fully saturated rings. The summed E-state index contributed by atoms with van der Waals surface area (Å²) in [6, 6.07) is 2.72. The smallest absolute Gasteiger partial charge is 0.184 e. The van der Waals surface area contributed by atoms with E-state index in [1.54, 1.807) is 0 Å². The lowest BCUT2D eigenvalue weighted by Crippen LogP contribution is -1.90. The van der Waals surface area contributed by atoms with E-state index in [4.69, 9.17) is 0 Å². The average Bonchev–Trinajstić information content (AvgIpc) is 1.69. The molecule has 0 aliphatic carbocycles. The van der Waals surface area contributed by atoms with Gasteiger partial charge < -0.3 is 4.42 Å². The molecule has 2 nitrogen and oxygen atoms in total. The van der Waals surface area contributed by atoms with Crippen molar-refractivity contribution in [1.82, 2.24) is 0 Å². The van der Waals surface area contributed by atoms with E-state index in [1.165, 1.54) is 24.7 Å². The van der Waals surface area contributed by atoms with Gasteiger partial charge in [-0.1, -0.05) is 0 Å². The molecule has 0 spiro atoms. The molecule has 0 saturated heterocycles. The molecule has 0 atom stereocenters. The van der Waals surface area contributed by atoms with Crippen LogP contribution >= 0.6 is 24.8 Å². The van der Waals surface area contributed by atoms with E-state index in [0.29, 0.717) is 0 Å². The molecule has 0 amide bonds. The minimum absolute atomic E-state index is 0. The molecule has 0 aliphatic rings. The van der Waals surface area contributed by atoms with Gasteiger partial charge >= 0.3 is 0 Å². The molecule has 0 aliphatic heterocycles. The first kappa shape index (κ1) is 11.3. The molecule has 1 rings (SSSR count). The lowest BCUT2D eigenvalue weighted by molar-refractivity contribution is 0.548. The number of rotatable bonds is 0. The van der Waals surface area contributed by atoms with Crippen molar-refractivity contribution in [1.29, 1.82) is 0 Å². The summed E-state index contributed by atoms with van der Waals surface area (Å²) in [5.74, 6) is 0. The molecule has 0 N–H and O–H groups in total. The van der Waals surface area contributed by atoms with Crippen LogP contribution in [-0.2, 0) is 0 Å². The van der Waals surface area contributed by atoms with Crippen LogP contribution in [0.25, 0.3) is 0 Å². The lowest BCUT2D eigenvalue weighted by Gasteiger charge is -1.72. The van der Waals surface area contributed by atoms with Crippen LogP contribution in [-0.4, -0.2) is 0 Å². The second-order valence-electron chi connectivity index (χ2n) is 1.14. The number of halogens is 2. The SMILES string of the molecule is Cl.Cl.O=c1ccocc1. The van der Waals surface area contributed by atoms with Gasteiger partial charge in [0.15, 0.2) is 5.43 Å². The maximum atomic E-state index is 10.2. The predicted octanol–water partition coefficient (Wildman–Crippen LogP) is 1.48. The summed E-state index contributed by atoms with van der Waals surface area (Å²) in [5.41, 5.74) is -0.0220. The summed E-state index contributed by atoms with van der Waals surface area (Å²) in [7, 11) is 0. The first-order valence-corrected chi connectivity index (χ1v) is 1.92. The maximum Gasteiger partial charge on any atom is 0.184 e. The Balaban J connectivity index is 0. The summed E-state index contributed by atoms with van der Waals surface area (Å²) >= 11 is 0. The minimum Gasteiger partial charge on any atom is -0.472 e. The Bertz CT molecular complexity index is 179. The van der Waals surface area contributed by atoms with E-state index < -0.39 is 0 Å². The largest absolute Gasteiger partial charge is 0.472 e. The topological polar surface area (TPSA) is 30.2 Å². The molecule has 0 bridgehead atoms. The summed E-state index contributed by atoms with van der Waals surface area (Å²) < 4.78 is 4.56. The zero-order valence-electron chi connectivity index (χ0n) is 4.44. The number of hydrogen-bond acceptors (Lipinski definition) is 2. The van der Waals surface area contributed by atoms with E-state index in [0.717, 1.165) is 0 Å². The highest BCUT2D eigenvalue weighted by Crippen LogP contribution is 1.72. The molecule has 9 heavy (non-hydrogen) atoms. The molecule has 1 aromatic rings. The monoisotopic (exact) mass is 168 g/mol. The molecule has 4 heteroatoms. The summed E-state index contributed by atoms with van der Waals surface area (Å²) in [6.45, 7) is 0. The van der Waals surface area contributed by atoms with Crippen molar-refractivity contribution in [3.05, 3.63) is 34.9 Å². The molecular formula is C5H6Cl2O2. The number of hydrogen-bond donors (Lipinski definition) is 0. The van der Waals surface area contributed by atoms with Crippen LogP contribution in [0.3, 0.4) is 0 Å². The van der Waals surface area contributed by atoms with Gasteiger partial charge in [-0.15, -0.1) is 24.8 Å². The zero-order chi connectivity index (χ0) is 5.11. The van der Waals surface area contributed by atoms with Crippen molar-refractivity contribution >= 4 is 24.8 Å². The molecule has 1 aromatic heterocycles. The quantitative estimate of drug-likeness (QED) is 0.588. The Hall–Kier alpha value is -0.470. The van der Waals surface area contributed by atoms with Gasteiger partial charge in [0, 0.05) is 12.1 Å². The van der Waals surface area contributed by atoms with Gasteiger partial charge in [0.1, 0.15) is 0 Å². The lowest BCUT2D eigenvalue weighted by atomic mass is 10.5. The van der Waals surface area contributed by atoms with Gasteiger partial charge in [0.2, 0.25) is 0 Å². The van der Waals surface area contributed by atoms with Gasteiger partial charge in [0.05, 0.1) is 12.5 Å². The fourth-order valence-corrected chi connectivity index (χ4v) is 0.314. The third-order valence-corrected chi connectivity index (χ3v) is 0.622. The van der Waals surface area contributed by atoms with E-state index in [1.807, 2.05) is 0 Å². The fourth-order valence-electron chi connectivity index (χ4n) is 0.314. The van der Waals surface area contributed by atoms with Gasteiger partial charge in [-0.3, -0.25) is 4.79 Å². The highest BCUT2D eigenvalue weighted by atomic mass is 35.5. The first-order chi connectivity index (χ1) is 3.39. The van der Waals surface area contributed by atoms with Crippen molar-refractivity contribution in [2.45, 2.75) is 0 Å². The fraction of sp³-hybridized carbons (Fsp3) is 0. The maximum absolute atomic E-state index is 10.2. The van der Waals surface area contributed by atoms with Crippen molar-refractivity contribution in [3.63, 3.8) is 0 Å². The van der Waals surface area contributed by atoms with E-state index in [9.17, 15) is 4.79 Å². The molecule has 52 valence electrons. The van der Waals surface area contributed by atoms with Gasteiger partial charge in [0.25, 0.3) is 0 Å².